The van der Waals surface area contributed by atoms with Crippen molar-refractivity contribution in [2.24, 2.45) is 0 Å². The van der Waals surface area contributed by atoms with Crippen LogP contribution in [0.4, 0.5) is 11.4 Å². The SMILES string of the molecule is Cc1cc(C(C)Nc2ccc([N+](=O)[O-])cc2I)c(C)s1. The number of nitro groups is 1. The number of nitrogens with zero attached hydrogens (tertiary/aromatic N) is 1. The number of aryl methyl sites for hydroxylation is 2. The van der Waals surface area contributed by atoms with Crippen molar-refractivity contribution < 1.29 is 4.92 Å². The van der Waals surface area contributed by atoms with Gasteiger partial charge in [-0.1, -0.05) is 0 Å². The molecule has 0 aliphatic heterocycles. The molecule has 4 nitrogen and oxygen atoms in total. The average molecular weight is 402 g/mol. The van der Waals surface area contributed by atoms with Crippen molar-refractivity contribution in [3.8, 4) is 0 Å². The molecule has 1 heterocycles. The van der Waals surface area contributed by atoms with Crippen LogP contribution in [0.1, 0.15) is 28.3 Å². The molecule has 0 fully saturated rings. The van der Waals surface area contributed by atoms with Gasteiger partial charge in [-0.3, -0.25) is 10.1 Å². The van der Waals surface area contributed by atoms with Crippen LogP contribution in [0.2, 0.25) is 0 Å². The van der Waals surface area contributed by atoms with Gasteiger partial charge in [0, 0.05) is 37.2 Å². The summed E-state index contributed by atoms with van der Waals surface area (Å²) in [5, 5.41) is 14.2. The Hall–Kier alpha value is -1.15. The second-order valence-corrected chi connectivity index (χ2v) is 7.28. The van der Waals surface area contributed by atoms with Crippen LogP contribution in [0.15, 0.2) is 24.3 Å². The summed E-state index contributed by atoms with van der Waals surface area (Å²) in [6.07, 6.45) is 0. The monoisotopic (exact) mass is 402 g/mol. The number of hydrogen-bond donors (Lipinski definition) is 1. The Kier molecular flexibility index (Phi) is 4.64. The molecular weight excluding hydrogens is 387 g/mol. The highest BCUT2D eigenvalue weighted by molar-refractivity contribution is 14.1. The summed E-state index contributed by atoms with van der Waals surface area (Å²) in [6, 6.07) is 7.25. The highest BCUT2D eigenvalue weighted by Crippen LogP contribution is 2.31. The molecule has 2 aromatic rings. The number of thiophene rings is 1. The molecule has 0 bridgehead atoms. The van der Waals surface area contributed by atoms with Crippen LogP contribution < -0.4 is 5.32 Å². The van der Waals surface area contributed by atoms with E-state index in [-0.39, 0.29) is 16.7 Å². The molecule has 1 unspecified atom stereocenters. The maximum atomic E-state index is 10.7. The molecule has 1 N–H and O–H groups in total. The minimum atomic E-state index is -0.373. The number of benzene rings is 1. The van der Waals surface area contributed by atoms with Crippen molar-refractivity contribution >= 4 is 45.3 Å². The molecular formula is C14H15IN2O2S. The molecule has 0 saturated heterocycles. The quantitative estimate of drug-likeness (QED) is 0.442. The van der Waals surface area contributed by atoms with E-state index in [2.05, 4.69) is 54.7 Å². The van der Waals surface area contributed by atoms with Crippen molar-refractivity contribution in [1.82, 2.24) is 0 Å². The van der Waals surface area contributed by atoms with Crippen LogP contribution >= 0.6 is 33.9 Å². The lowest BCUT2D eigenvalue weighted by Gasteiger charge is -2.16. The summed E-state index contributed by atoms with van der Waals surface area (Å²) in [5.41, 5.74) is 2.32. The zero-order valence-corrected chi connectivity index (χ0v) is 14.4. The number of hydrogen-bond acceptors (Lipinski definition) is 4. The van der Waals surface area contributed by atoms with E-state index >= 15 is 0 Å². The first-order valence-electron chi connectivity index (χ1n) is 6.16. The van der Waals surface area contributed by atoms with Gasteiger partial charge in [0.25, 0.3) is 5.69 Å². The van der Waals surface area contributed by atoms with Crippen molar-refractivity contribution in [3.05, 3.63) is 53.3 Å². The lowest BCUT2D eigenvalue weighted by molar-refractivity contribution is -0.384. The van der Waals surface area contributed by atoms with Crippen LogP contribution in [0.25, 0.3) is 0 Å². The molecule has 0 radical (unpaired) electrons. The topological polar surface area (TPSA) is 55.2 Å². The van der Waals surface area contributed by atoms with Gasteiger partial charge in [-0.2, -0.15) is 0 Å². The minimum Gasteiger partial charge on any atom is -0.378 e. The van der Waals surface area contributed by atoms with Crippen LogP contribution in [-0.2, 0) is 0 Å². The Morgan fingerprint density at radius 2 is 2.05 bits per heavy atom. The third-order valence-electron chi connectivity index (χ3n) is 3.08. The lowest BCUT2D eigenvalue weighted by Crippen LogP contribution is -2.08. The molecule has 0 spiro atoms. The highest BCUT2D eigenvalue weighted by Gasteiger charge is 2.14. The predicted molar refractivity (Wildman–Crippen MR) is 91.6 cm³/mol. The Labute approximate surface area is 135 Å². The number of non-ortho nitro benzene ring substituents is 1. The molecule has 0 amide bonds. The summed E-state index contributed by atoms with van der Waals surface area (Å²) in [6.45, 7) is 6.32. The van der Waals surface area contributed by atoms with E-state index in [1.807, 2.05) is 0 Å². The Balaban J connectivity index is 2.22. The molecule has 0 aliphatic rings. The van der Waals surface area contributed by atoms with Crippen molar-refractivity contribution in [2.45, 2.75) is 26.8 Å². The molecule has 0 aliphatic carbocycles. The zero-order valence-electron chi connectivity index (χ0n) is 11.4. The normalized spacial score (nSPS) is 12.2. The van der Waals surface area contributed by atoms with Gasteiger partial charge in [-0.25, -0.2) is 0 Å². The molecule has 106 valence electrons. The fourth-order valence-corrected chi connectivity index (χ4v) is 3.80. The lowest BCUT2D eigenvalue weighted by atomic mass is 10.1. The summed E-state index contributed by atoms with van der Waals surface area (Å²) in [5.74, 6) is 0. The second kappa shape index (κ2) is 6.09. The number of nitrogens with one attached hydrogen (secondary N) is 1. The van der Waals surface area contributed by atoms with Gasteiger partial charge < -0.3 is 5.32 Å². The largest absolute Gasteiger partial charge is 0.378 e. The van der Waals surface area contributed by atoms with E-state index in [4.69, 9.17) is 0 Å². The van der Waals surface area contributed by atoms with Crippen LogP contribution in [0, 0.1) is 27.5 Å². The van der Waals surface area contributed by atoms with Gasteiger partial charge in [0.05, 0.1) is 4.92 Å². The third-order valence-corrected chi connectivity index (χ3v) is 4.96. The first-order chi connectivity index (χ1) is 9.38. The van der Waals surface area contributed by atoms with Crippen molar-refractivity contribution in [3.63, 3.8) is 0 Å². The fourth-order valence-electron chi connectivity index (χ4n) is 2.13. The predicted octanol–water partition coefficient (Wildman–Crippen LogP) is 5.05. The van der Waals surface area contributed by atoms with Gasteiger partial charge in [0.2, 0.25) is 0 Å². The molecule has 1 aromatic carbocycles. The Bertz CT molecular complexity index is 655. The third kappa shape index (κ3) is 3.29. The molecule has 2 rings (SSSR count). The standard InChI is InChI=1S/C14H15IN2O2S/c1-8-6-12(10(3)20-8)9(2)16-14-5-4-11(17(18)19)7-13(14)15/h4-7,9,16H,1-3H3. The van der Waals surface area contributed by atoms with E-state index < -0.39 is 0 Å². The number of rotatable bonds is 4. The molecule has 1 aromatic heterocycles. The zero-order chi connectivity index (χ0) is 14.9. The second-order valence-electron chi connectivity index (χ2n) is 4.66. The van der Waals surface area contributed by atoms with Crippen LogP contribution in [-0.4, -0.2) is 4.92 Å². The summed E-state index contributed by atoms with van der Waals surface area (Å²) in [4.78, 5) is 13.0. The number of anilines is 1. The van der Waals surface area contributed by atoms with E-state index in [0.717, 1.165) is 9.26 Å². The molecule has 20 heavy (non-hydrogen) atoms. The first-order valence-corrected chi connectivity index (χ1v) is 8.05. The summed E-state index contributed by atoms with van der Waals surface area (Å²) < 4.78 is 0.855. The highest BCUT2D eigenvalue weighted by atomic mass is 127. The van der Waals surface area contributed by atoms with Gasteiger partial charge in [-0.15, -0.1) is 11.3 Å². The number of nitro benzene ring substituents is 1. The Morgan fingerprint density at radius 1 is 1.35 bits per heavy atom. The van der Waals surface area contributed by atoms with E-state index in [0.29, 0.717) is 0 Å². The maximum absolute atomic E-state index is 10.7. The average Bonchev–Trinajstić information content (AvgIpc) is 2.70. The van der Waals surface area contributed by atoms with Crippen molar-refractivity contribution in [2.75, 3.05) is 5.32 Å². The van der Waals surface area contributed by atoms with Crippen LogP contribution in [0.3, 0.4) is 0 Å². The van der Waals surface area contributed by atoms with E-state index in [9.17, 15) is 10.1 Å². The van der Waals surface area contributed by atoms with E-state index in [1.54, 1.807) is 23.5 Å². The van der Waals surface area contributed by atoms with Crippen LogP contribution in [0.5, 0.6) is 0 Å². The van der Waals surface area contributed by atoms with Crippen molar-refractivity contribution in [1.29, 1.82) is 0 Å². The minimum absolute atomic E-state index is 0.121. The fraction of sp³-hybridized carbons (Fsp3) is 0.286. The van der Waals surface area contributed by atoms with Gasteiger partial charge in [-0.05, 0) is 61.1 Å². The van der Waals surface area contributed by atoms with Gasteiger partial charge in [0.1, 0.15) is 0 Å². The first kappa shape index (κ1) is 15.2. The Morgan fingerprint density at radius 3 is 2.55 bits per heavy atom. The van der Waals surface area contributed by atoms with Gasteiger partial charge >= 0.3 is 0 Å². The summed E-state index contributed by atoms with van der Waals surface area (Å²) >= 11 is 3.91. The maximum Gasteiger partial charge on any atom is 0.270 e. The van der Waals surface area contributed by atoms with Gasteiger partial charge in [0.15, 0.2) is 0 Å². The van der Waals surface area contributed by atoms with E-state index in [1.165, 1.54) is 21.4 Å². The molecule has 0 saturated carbocycles. The smallest absolute Gasteiger partial charge is 0.270 e. The molecule has 6 heteroatoms. The molecule has 1 atom stereocenters. The number of halogens is 1. The summed E-state index contributed by atoms with van der Waals surface area (Å²) in [7, 11) is 0.